The number of hydrogen-bond acceptors (Lipinski definition) is 8. The molecule has 7 rings (SSSR count). The number of carboxylic acids is 1. The smallest absolute Gasteiger partial charge is 0.335 e. The second-order valence-electron chi connectivity index (χ2n) is 11.4. The average Bonchev–Trinajstić information content (AvgIpc) is 3.47. The molecule has 44 heavy (non-hydrogen) atoms. The maximum Gasteiger partial charge on any atom is 0.335 e. The van der Waals surface area contributed by atoms with E-state index in [1.807, 2.05) is 34.5 Å². The maximum absolute atomic E-state index is 13.9. The molecular formula is C31H27BrFN7O3S. The van der Waals surface area contributed by atoms with E-state index >= 15 is 0 Å². The predicted octanol–water partition coefficient (Wildman–Crippen LogP) is 4.66. The molecule has 224 valence electrons. The Balaban J connectivity index is 1.13. The third-order valence-corrected chi connectivity index (χ3v) is 10.2. The zero-order chi connectivity index (χ0) is 30.6. The van der Waals surface area contributed by atoms with E-state index in [9.17, 15) is 24.3 Å². The van der Waals surface area contributed by atoms with E-state index in [-0.39, 0.29) is 23.1 Å². The summed E-state index contributed by atoms with van der Waals surface area (Å²) in [6, 6.07) is 13.3. The third kappa shape index (κ3) is 5.06. The van der Waals surface area contributed by atoms with Crippen molar-refractivity contribution >= 4 is 50.8 Å². The van der Waals surface area contributed by atoms with Gasteiger partial charge < -0.3 is 15.3 Å². The molecule has 1 aliphatic carbocycles. The zero-order valence-electron chi connectivity index (χ0n) is 23.4. The summed E-state index contributed by atoms with van der Waals surface area (Å²) < 4.78 is 14.4. The highest BCUT2D eigenvalue weighted by molar-refractivity contribution is 9.10. The minimum absolute atomic E-state index is 0.0514. The highest BCUT2D eigenvalue weighted by Crippen LogP contribution is 2.48. The Kier molecular flexibility index (Phi) is 7.23. The minimum Gasteiger partial charge on any atom is -0.478 e. The van der Waals surface area contributed by atoms with Gasteiger partial charge in [-0.15, -0.1) is 11.3 Å². The number of benzene rings is 2. The number of amidine groups is 1. The summed E-state index contributed by atoms with van der Waals surface area (Å²) in [5.41, 5.74) is 2.51. The van der Waals surface area contributed by atoms with Crippen LogP contribution < -0.4 is 10.2 Å². The van der Waals surface area contributed by atoms with Gasteiger partial charge in [0.25, 0.3) is 0 Å². The molecule has 0 radical (unpaired) electrons. The Labute approximate surface area is 265 Å². The molecule has 3 aromatic rings. The molecule has 1 aromatic heterocycles. The number of carbonyl (C=O) groups is 2. The summed E-state index contributed by atoms with van der Waals surface area (Å²) in [5, 5.41) is 25.6. The molecule has 2 atom stereocenters. The van der Waals surface area contributed by atoms with Crippen molar-refractivity contribution in [3.05, 3.63) is 91.7 Å². The number of carbonyl (C=O) groups excluding carboxylic acids is 1. The molecule has 0 bridgehead atoms. The van der Waals surface area contributed by atoms with E-state index in [0.717, 1.165) is 24.1 Å². The van der Waals surface area contributed by atoms with Crippen molar-refractivity contribution < 1.29 is 19.1 Å². The fourth-order valence-electron chi connectivity index (χ4n) is 6.27. The van der Waals surface area contributed by atoms with E-state index in [1.54, 1.807) is 17.2 Å². The zero-order valence-corrected chi connectivity index (χ0v) is 25.8. The average molecular weight is 677 g/mol. The molecule has 2 saturated heterocycles. The van der Waals surface area contributed by atoms with Gasteiger partial charge in [-0.2, -0.15) is 5.26 Å². The first-order valence-corrected chi connectivity index (χ1v) is 15.9. The SMILES string of the molecule is N#CC1(c2ccc(N3C[C@@H]4CN(CC5=C(C(=O)O)C(c6ccc(F)cc6Br)N=C(c6nccs6)N5)CCN4C3=O)cc2)CC1. The standard InChI is InChI=1S/C31H27BrFN7O3S/c32-23-13-19(33)3-6-22(23)26-25(29(41)42)24(36-27(37-26)28-35-9-12-44-28)16-38-10-11-39-21(14-38)15-40(30(39)43)20-4-1-18(2-5-20)31(17-34)7-8-31/h1-6,9,12-13,21,26H,7-8,10-11,14-16H2,(H,36,37)(H,41,42)/t21-,26?/m0/s1. The van der Waals surface area contributed by atoms with Gasteiger partial charge in [0.05, 0.1) is 23.1 Å². The number of amides is 2. The van der Waals surface area contributed by atoms with Gasteiger partial charge in [0, 0.05) is 60.2 Å². The molecule has 4 aliphatic rings. The molecule has 3 aliphatic heterocycles. The lowest BCUT2D eigenvalue weighted by atomic mass is 9.95. The van der Waals surface area contributed by atoms with Crippen LogP contribution in [0.2, 0.25) is 0 Å². The normalized spacial score (nSPS) is 22.8. The predicted molar refractivity (Wildman–Crippen MR) is 166 cm³/mol. The summed E-state index contributed by atoms with van der Waals surface area (Å²) in [5.74, 6) is -1.11. The topological polar surface area (TPSA) is 125 Å². The number of hydrogen-bond donors (Lipinski definition) is 2. The number of aromatic nitrogens is 1. The van der Waals surface area contributed by atoms with E-state index in [4.69, 9.17) is 4.99 Å². The summed E-state index contributed by atoms with van der Waals surface area (Å²) in [6.45, 7) is 2.43. The van der Waals surface area contributed by atoms with Gasteiger partial charge in [0.15, 0.2) is 10.8 Å². The number of anilines is 1. The Morgan fingerprint density at radius 2 is 2.00 bits per heavy atom. The van der Waals surface area contributed by atoms with E-state index in [1.165, 1.54) is 23.5 Å². The number of piperazine rings is 1. The lowest BCUT2D eigenvalue weighted by Gasteiger charge is -2.37. The van der Waals surface area contributed by atoms with Crippen LogP contribution in [0.1, 0.15) is 35.0 Å². The second kappa shape index (κ2) is 11.1. The quantitative estimate of drug-likeness (QED) is 0.373. The first-order valence-electron chi connectivity index (χ1n) is 14.2. The van der Waals surface area contributed by atoms with Gasteiger partial charge in [0.1, 0.15) is 11.9 Å². The van der Waals surface area contributed by atoms with Crippen molar-refractivity contribution in [3.8, 4) is 6.07 Å². The molecule has 0 spiro atoms. The fourth-order valence-corrected chi connectivity index (χ4v) is 7.43. The van der Waals surface area contributed by atoms with E-state index in [2.05, 4.69) is 37.2 Å². The van der Waals surface area contributed by atoms with Crippen molar-refractivity contribution in [2.24, 2.45) is 4.99 Å². The first-order chi connectivity index (χ1) is 21.3. The number of nitrogens with zero attached hydrogens (tertiary/aromatic N) is 6. The van der Waals surface area contributed by atoms with Crippen LogP contribution in [0.15, 0.2) is 74.8 Å². The van der Waals surface area contributed by atoms with Crippen LogP contribution in [0.25, 0.3) is 0 Å². The van der Waals surface area contributed by atoms with Gasteiger partial charge in [-0.3, -0.25) is 14.8 Å². The molecule has 1 unspecified atom stereocenters. The van der Waals surface area contributed by atoms with Crippen molar-refractivity contribution in [3.63, 3.8) is 0 Å². The molecular weight excluding hydrogens is 649 g/mol. The Bertz CT molecular complexity index is 1750. The second-order valence-corrected chi connectivity index (χ2v) is 13.2. The molecule has 2 amide bonds. The van der Waals surface area contributed by atoms with Crippen LogP contribution >= 0.6 is 27.3 Å². The van der Waals surface area contributed by atoms with E-state index < -0.39 is 17.8 Å². The van der Waals surface area contributed by atoms with Crippen molar-refractivity contribution in [1.29, 1.82) is 5.26 Å². The number of fused-ring (bicyclic) bond motifs is 1. The third-order valence-electron chi connectivity index (χ3n) is 8.76. The maximum atomic E-state index is 13.9. The molecule has 4 heterocycles. The van der Waals surface area contributed by atoms with Gasteiger partial charge in [-0.05, 0) is 48.2 Å². The lowest BCUT2D eigenvalue weighted by Crippen LogP contribution is -2.53. The van der Waals surface area contributed by atoms with Crippen LogP contribution in [0, 0.1) is 17.1 Å². The van der Waals surface area contributed by atoms with Gasteiger partial charge in [-0.1, -0.05) is 34.1 Å². The summed E-state index contributed by atoms with van der Waals surface area (Å²) in [4.78, 5) is 41.0. The largest absolute Gasteiger partial charge is 0.478 e. The molecule has 13 heteroatoms. The number of carboxylic acid groups (broad SMARTS) is 1. The lowest BCUT2D eigenvalue weighted by molar-refractivity contribution is -0.133. The van der Waals surface area contributed by atoms with Crippen molar-refractivity contribution in [2.45, 2.75) is 30.3 Å². The number of aliphatic imine (C=N–C) groups is 1. The number of nitriles is 1. The number of urea groups is 1. The number of aliphatic carboxylic acids is 1. The Morgan fingerprint density at radius 1 is 1.20 bits per heavy atom. The number of halogens is 2. The number of rotatable bonds is 7. The number of nitrogens with one attached hydrogen (secondary N) is 1. The monoisotopic (exact) mass is 675 g/mol. The number of thiazole rings is 1. The van der Waals surface area contributed by atoms with Crippen LogP contribution in [0.4, 0.5) is 14.9 Å². The summed E-state index contributed by atoms with van der Waals surface area (Å²) >= 11 is 4.79. The van der Waals surface area contributed by atoms with Crippen LogP contribution in [0.3, 0.4) is 0 Å². The van der Waals surface area contributed by atoms with Crippen molar-refractivity contribution in [1.82, 2.24) is 20.1 Å². The van der Waals surface area contributed by atoms with Crippen LogP contribution in [0.5, 0.6) is 0 Å². The Morgan fingerprint density at radius 3 is 2.66 bits per heavy atom. The molecule has 2 aromatic carbocycles. The Hall–Kier alpha value is -4.12. The minimum atomic E-state index is -1.12. The van der Waals surface area contributed by atoms with Gasteiger partial charge in [-0.25, -0.2) is 19.0 Å². The molecule has 3 fully saturated rings. The van der Waals surface area contributed by atoms with Gasteiger partial charge in [0.2, 0.25) is 0 Å². The van der Waals surface area contributed by atoms with Gasteiger partial charge >= 0.3 is 12.0 Å². The van der Waals surface area contributed by atoms with Crippen molar-refractivity contribution in [2.75, 3.05) is 37.6 Å². The molecule has 10 nitrogen and oxygen atoms in total. The summed E-state index contributed by atoms with van der Waals surface area (Å²) in [6.07, 6.45) is 3.39. The fraction of sp³-hybridized carbons (Fsp3) is 0.323. The summed E-state index contributed by atoms with van der Waals surface area (Å²) in [7, 11) is 0. The van der Waals surface area contributed by atoms with Crippen LogP contribution in [-0.2, 0) is 10.2 Å². The highest BCUT2D eigenvalue weighted by Gasteiger charge is 2.45. The highest BCUT2D eigenvalue weighted by atomic mass is 79.9. The molecule has 1 saturated carbocycles. The van der Waals surface area contributed by atoms with E-state index in [0.29, 0.717) is 59.3 Å². The van der Waals surface area contributed by atoms with Crippen LogP contribution in [-0.4, -0.2) is 76.5 Å². The first kappa shape index (κ1) is 28.6. The molecule has 2 N–H and O–H groups in total.